The Morgan fingerprint density at radius 1 is 1.58 bits per heavy atom. The monoisotopic (exact) mass is 174 g/mol. The van der Waals surface area contributed by atoms with Crippen molar-refractivity contribution in [1.29, 1.82) is 0 Å². The number of aldehydes is 1. The highest BCUT2D eigenvalue weighted by molar-refractivity contribution is 5.69. The molecule has 2 nitrogen and oxygen atoms in total. The Morgan fingerprint density at radius 3 is 2.75 bits per heavy atom. The molecule has 0 heterocycles. The van der Waals surface area contributed by atoms with Crippen LogP contribution in [0.25, 0.3) is 0 Å². The van der Waals surface area contributed by atoms with Crippen molar-refractivity contribution in [3.63, 3.8) is 0 Å². The summed E-state index contributed by atoms with van der Waals surface area (Å²) in [6, 6.07) is 0. The molecule has 1 atom stereocenters. The van der Waals surface area contributed by atoms with Gasteiger partial charge in [0.2, 0.25) is 0 Å². The maximum Gasteiger partial charge on any atom is 0.178 e. The lowest BCUT2D eigenvalue weighted by Gasteiger charge is -2.05. The van der Waals surface area contributed by atoms with Gasteiger partial charge in [-0.1, -0.05) is 6.92 Å². The normalized spacial score (nSPS) is 14.4. The van der Waals surface area contributed by atoms with Crippen LogP contribution in [0, 0.1) is 5.92 Å². The Morgan fingerprint density at radius 2 is 2.25 bits per heavy atom. The van der Waals surface area contributed by atoms with Crippen LogP contribution in [0.3, 0.4) is 0 Å². The number of hydrogen-bond donors (Lipinski definition) is 1. The third kappa shape index (κ3) is 6.04. The van der Waals surface area contributed by atoms with Crippen molar-refractivity contribution in [3.05, 3.63) is 11.9 Å². The van der Waals surface area contributed by atoms with Gasteiger partial charge in [-0.25, -0.2) is 4.39 Å². The molecule has 0 aliphatic rings. The van der Waals surface area contributed by atoms with E-state index in [1.165, 1.54) is 6.08 Å². The molecule has 0 radical (unpaired) electrons. The van der Waals surface area contributed by atoms with E-state index in [-0.39, 0.29) is 12.9 Å². The van der Waals surface area contributed by atoms with Crippen molar-refractivity contribution >= 4 is 6.29 Å². The van der Waals surface area contributed by atoms with E-state index >= 15 is 0 Å². The Balaban J connectivity index is 3.48. The van der Waals surface area contributed by atoms with Crippen LogP contribution in [0.4, 0.5) is 4.39 Å². The Hall–Kier alpha value is -0.700. The molecule has 0 rings (SSSR count). The summed E-state index contributed by atoms with van der Waals surface area (Å²) in [5, 5.41) is 8.55. The lowest BCUT2D eigenvalue weighted by Crippen LogP contribution is -1.97. The van der Waals surface area contributed by atoms with Gasteiger partial charge in [0.05, 0.1) is 0 Å². The Bertz CT molecular complexity index is 155. The topological polar surface area (TPSA) is 37.3 Å². The van der Waals surface area contributed by atoms with Gasteiger partial charge in [-0.05, 0) is 31.3 Å². The van der Waals surface area contributed by atoms with E-state index in [1.54, 1.807) is 0 Å². The van der Waals surface area contributed by atoms with Gasteiger partial charge in [0.15, 0.2) is 12.1 Å². The highest BCUT2D eigenvalue weighted by atomic mass is 19.1. The van der Waals surface area contributed by atoms with E-state index in [1.807, 2.05) is 6.92 Å². The number of allylic oxidation sites excluding steroid dienone is 2. The third-order valence-electron chi connectivity index (χ3n) is 1.73. The smallest absolute Gasteiger partial charge is 0.178 e. The summed E-state index contributed by atoms with van der Waals surface area (Å²) in [6.07, 6.45) is 3.59. The van der Waals surface area contributed by atoms with E-state index in [9.17, 15) is 9.18 Å². The molecular formula is C9H15FO2. The molecule has 0 saturated carbocycles. The van der Waals surface area contributed by atoms with Gasteiger partial charge >= 0.3 is 0 Å². The van der Waals surface area contributed by atoms with Crippen molar-refractivity contribution in [2.24, 2.45) is 5.92 Å². The molecule has 0 aromatic rings. The molecule has 1 unspecified atom stereocenters. The number of rotatable bonds is 6. The minimum Gasteiger partial charge on any atom is -0.396 e. The summed E-state index contributed by atoms with van der Waals surface area (Å²) in [4.78, 5) is 9.82. The fourth-order valence-corrected chi connectivity index (χ4v) is 0.919. The van der Waals surface area contributed by atoms with Gasteiger partial charge in [0.25, 0.3) is 0 Å². The van der Waals surface area contributed by atoms with Crippen LogP contribution in [0.2, 0.25) is 0 Å². The molecule has 0 aromatic carbocycles. The van der Waals surface area contributed by atoms with Gasteiger partial charge < -0.3 is 5.11 Å². The van der Waals surface area contributed by atoms with Crippen LogP contribution in [-0.2, 0) is 4.79 Å². The molecule has 3 heteroatoms. The number of hydrogen-bond acceptors (Lipinski definition) is 2. The highest BCUT2D eigenvalue weighted by Gasteiger charge is 1.99. The lowest BCUT2D eigenvalue weighted by molar-refractivity contribution is -0.106. The number of aliphatic hydroxyl groups is 1. The molecule has 0 saturated heterocycles. The van der Waals surface area contributed by atoms with E-state index in [4.69, 9.17) is 5.11 Å². The van der Waals surface area contributed by atoms with Crippen LogP contribution in [-0.4, -0.2) is 18.0 Å². The average molecular weight is 174 g/mol. The Kier molecular flexibility index (Phi) is 6.57. The highest BCUT2D eigenvalue weighted by Crippen LogP contribution is 2.10. The minimum atomic E-state index is -0.703. The third-order valence-corrected chi connectivity index (χ3v) is 1.73. The van der Waals surface area contributed by atoms with Crippen molar-refractivity contribution in [3.8, 4) is 0 Å². The number of halogens is 1. The second-order valence-corrected chi connectivity index (χ2v) is 2.90. The van der Waals surface area contributed by atoms with E-state index in [2.05, 4.69) is 0 Å². The largest absolute Gasteiger partial charge is 0.396 e. The maximum atomic E-state index is 12.2. The molecule has 70 valence electrons. The fraction of sp³-hybridized carbons (Fsp3) is 0.667. The lowest BCUT2D eigenvalue weighted by atomic mass is 10.0. The van der Waals surface area contributed by atoms with Gasteiger partial charge in [0, 0.05) is 6.61 Å². The zero-order chi connectivity index (χ0) is 9.40. The van der Waals surface area contributed by atoms with Crippen molar-refractivity contribution in [2.45, 2.75) is 26.2 Å². The van der Waals surface area contributed by atoms with Crippen molar-refractivity contribution < 1.29 is 14.3 Å². The number of carbonyl (C=O) groups is 1. The minimum absolute atomic E-state index is 0.168. The summed E-state index contributed by atoms with van der Waals surface area (Å²) in [7, 11) is 0. The van der Waals surface area contributed by atoms with Crippen LogP contribution < -0.4 is 0 Å². The van der Waals surface area contributed by atoms with Crippen molar-refractivity contribution in [2.75, 3.05) is 6.61 Å². The first-order valence-corrected chi connectivity index (χ1v) is 4.12. The maximum absolute atomic E-state index is 12.2. The van der Waals surface area contributed by atoms with Gasteiger partial charge in [0.1, 0.15) is 0 Å². The van der Waals surface area contributed by atoms with Gasteiger partial charge in [-0.2, -0.15) is 0 Å². The summed E-state index contributed by atoms with van der Waals surface area (Å²) >= 11 is 0. The summed E-state index contributed by atoms with van der Waals surface area (Å²) in [5.41, 5.74) is 0. The fourth-order valence-electron chi connectivity index (χ4n) is 0.919. The second kappa shape index (κ2) is 6.98. The standard InChI is InChI=1S/C9H15FO2/c1-8(5-6-11)3-2-4-9(10)7-12/h4,7-8,11H,2-3,5-6H2,1H3/b9-4-. The van der Waals surface area contributed by atoms with Crippen LogP contribution in [0.5, 0.6) is 0 Å². The zero-order valence-corrected chi connectivity index (χ0v) is 7.29. The Labute approximate surface area is 72.1 Å². The summed E-state index contributed by atoms with van der Waals surface area (Å²) in [5.74, 6) is -0.322. The van der Waals surface area contributed by atoms with E-state index in [0.29, 0.717) is 12.3 Å². The zero-order valence-electron chi connectivity index (χ0n) is 7.29. The summed E-state index contributed by atoms with van der Waals surface area (Å²) < 4.78 is 12.2. The quantitative estimate of drug-likeness (QED) is 0.492. The van der Waals surface area contributed by atoms with E-state index < -0.39 is 5.83 Å². The molecule has 0 fully saturated rings. The number of aliphatic hydroxyl groups excluding tert-OH is 1. The molecule has 0 aromatic heterocycles. The molecule has 12 heavy (non-hydrogen) atoms. The first kappa shape index (κ1) is 11.3. The predicted octanol–water partition coefficient (Wildman–Crippen LogP) is 1.84. The molecule has 0 bridgehead atoms. The molecule has 1 N–H and O–H groups in total. The molecule has 0 amide bonds. The first-order chi connectivity index (χ1) is 5.70. The molecule has 0 aliphatic carbocycles. The summed E-state index contributed by atoms with van der Waals surface area (Å²) in [6.45, 7) is 2.16. The van der Waals surface area contributed by atoms with Crippen molar-refractivity contribution in [1.82, 2.24) is 0 Å². The SMILES string of the molecule is CC(CCO)CC/C=C(\F)C=O. The predicted molar refractivity (Wildman–Crippen MR) is 45.4 cm³/mol. The molecular weight excluding hydrogens is 159 g/mol. The van der Waals surface area contributed by atoms with Gasteiger partial charge in [-0.3, -0.25) is 4.79 Å². The van der Waals surface area contributed by atoms with Crippen LogP contribution in [0.1, 0.15) is 26.2 Å². The van der Waals surface area contributed by atoms with Gasteiger partial charge in [-0.15, -0.1) is 0 Å². The van der Waals surface area contributed by atoms with Crippen LogP contribution >= 0.6 is 0 Å². The average Bonchev–Trinajstić information content (AvgIpc) is 2.04. The van der Waals surface area contributed by atoms with Crippen LogP contribution in [0.15, 0.2) is 11.9 Å². The van der Waals surface area contributed by atoms with E-state index in [0.717, 1.165) is 12.8 Å². The first-order valence-electron chi connectivity index (χ1n) is 4.12. The molecule has 0 spiro atoms. The number of carbonyl (C=O) groups excluding carboxylic acids is 1. The second-order valence-electron chi connectivity index (χ2n) is 2.90. The molecule has 0 aliphatic heterocycles.